The highest BCUT2D eigenvalue weighted by Crippen LogP contribution is 2.28. The van der Waals surface area contributed by atoms with Gasteiger partial charge in [-0.2, -0.15) is 0 Å². The summed E-state index contributed by atoms with van der Waals surface area (Å²) in [6.45, 7) is 3.13. The normalized spacial score (nSPS) is 13.8. The highest BCUT2D eigenvalue weighted by atomic mass is 19.1. The Labute approximate surface area is 145 Å². The summed E-state index contributed by atoms with van der Waals surface area (Å²) in [6.07, 6.45) is 0.738. The number of aryl methyl sites for hydroxylation is 1. The summed E-state index contributed by atoms with van der Waals surface area (Å²) in [7, 11) is 0. The number of rotatable bonds is 3. The Bertz CT molecular complexity index is 931. The summed E-state index contributed by atoms with van der Waals surface area (Å²) in [6, 6.07) is 12.3. The van der Waals surface area contributed by atoms with E-state index in [1.807, 2.05) is 31.2 Å². The van der Waals surface area contributed by atoms with Crippen LogP contribution in [-0.2, 0) is 17.8 Å². The van der Waals surface area contributed by atoms with Crippen LogP contribution in [0.2, 0.25) is 0 Å². The molecule has 0 aliphatic carbocycles. The zero-order chi connectivity index (χ0) is 17.4. The van der Waals surface area contributed by atoms with E-state index in [2.05, 4.69) is 4.98 Å². The summed E-state index contributed by atoms with van der Waals surface area (Å²) in [4.78, 5) is 17.6. The summed E-state index contributed by atoms with van der Waals surface area (Å²) in [5.41, 5.74) is 4.15. The van der Waals surface area contributed by atoms with Gasteiger partial charge in [-0.25, -0.2) is 4.39 Å². The first-order valence-electron chi connectivity index (χ1n) is 8.36. The van der Waals surface area contributed by atoms with Crippen LogP contribution in [0.3, 0.4) is 0 Å². The van der Waals surface area contributed by atoms with Gasteiger partial charge in [0.1, 0.15) is 11.6 Å². The molecule has 25 heavy (non-hydrogen) atoms. The number of ether oxygens (including phenoxy) is 1. The fourth-order valence-corrected chi connectivity index (χ4v) is 3.27. The SMILES string of the molecule is Cc1ccc(OCC(=O)N2CCc3[nH]c4ccc(F)cc4c3C2)cc1. The molecule has 0 radical (unpaired) electrons. The lowest BCUT2D eigenvalue weighted by atomic mass is 10.0. The Morgan fingerprint density at radius 3 is 2.84 bits per heavy atom. The highest BCUT2D eigenvalue weighted by Gasteiger charge is 2.24. The lowest BCUT2D eigenvalue weighted by Crippen LogP contribution is -2.38. The minimum atomic E-state index is -0.263. The predicted octanol–water partition coefficient (Wildman–Crippen LogP) is 3.58. The Morgan fingerprint density at radius 1 is 1.24 bits per heavy atom. The van der Waals surface area contributed by atoms with E-state index < -0.39 is 0 Å². The molecule has 0 spiro atoms. The minimum Gasteiger partial charge on any atom is -0.484 e. The van der Waals surface area contributed by atoms with Gasteiger partial charge in [-0.05, 0) is 37.3 Å². The third-order valence-corrected chi connectivity index (χ3v) is 4.67. The molecule has 0 unspecified atom stereocenters. The lowest BCUT2D eigenvalue weighted by molar-refractivity contribution is -0.134. The first-order valence-corrected chi connectivity index (χ1v) is 8.36. The van der Waals surface area contributed by atoms with Gasteiger partial charge in [0.2, 0.25) is 0 Å². The number of hydrogen-bond donors (Lipinski definition) is 1. The molecule has 1 amide bonds. The van der Waals surface area contributed by atoms with Crippen molar-refractivity contribution >= 4 is 16.8 Å². The zero-order valence-electron chi connectivity index (χ0n) is 14.0. The average molecular weight is 338 g/mol. The number of benzene rings is 2. The molecular weight excluding hydrogens is 319 g/mol. The van der Waals surface area contributed by atoms with Gasteiger partial charge in [0, 0.05) is 41.7 Å². The molecule has 4 rings (SSSR count). The molecule has 1 aromatic heterocycles. The molecule has 5 heteroatoms. The Hall–Kier alpha value is -2.82. The van der Waals surface area contributed by atoms with Crippen LogP contribution in [0.4, 0.5) is 4.39 Å². The van der Waals surface area contributed by atoms with E-state index in [1.165, 1.54) is 12.1 Å². The number of carbonyl (C=O) groups is 1. The number of carbonyl (C=O) groups excluding carboxylic acids is 1. The van der Waals surface area contributed by atoms with E-state index in [1.54, 1.807) is 11.0 Å². The van der Waals surface area contributed by atoms with Crippen LogP contribution in [0.15, 0.2) is 42.5 Å². The average Bonchev–Trinajstić information content (AvgIpc) is 2.98. The number of H-pyrrole nitrogens is 1. The molecule has 0 bridgehead atoms. The molecule has 2 aromatic carbocycles. The molecule has 0 atom stereocenters. The van der Waals surface area contributed by atoms with Crippen LogP contribution in [0, 0.1) is 12.7 Å². The maximum Gasteiger partial charge on any atom is 0.260 e. The number of nitrogens with one attached hydrogen (secondary N) is 1. The summed E-state index contributed by atoms with van der Waals surface area (Å²) < 4.78 is 19.2. The number of nitrogens with zero attached hydrogens (tertiary/aromatic N) is 1. The molecule has 4 nitrogen and oxygen atoms in total. The van der Waals surface area contributed by atoms with Crippen molar-refractivity contribution in [3.05, 3.63) is 65.1 Å². The number of aromatic nitrogens is 1. The number of fused-ring (bicyclic) bond motifs is 3. The first kappa shape index (κ1) is 15.7. The molecule has 1 aliphatic heterocycles. The second kappa shape index (κ2) is 6.24. The second-order valence-electron chi connectivity index (χ2n) is 6.44. The standard InChI is InChI=1S/C20H19FN2O2/c1-13-2-5-15(6-3-13)25-12-20(24)23-9-8-19-17(11-23)16-10-14(21)4-7-18(16)22-19/h2-7,10,22H,8-9,11-12H2,1H3. The topological polar surface area (TPSA) is 45.3 Å². The van der Waals surface area contributed by atoms with Gasteiger partial charge in [0.25, 0.3) is 5.91 Å². The molecule has 0 saturated heterocycles. The Balaban J connectivity index is 1.47. The van der Waals surface area contributed by atoms with E-state index in [0.29, 0.717) is 18.8 Å². The molecule has 3 aromatic rings. The summed E-state index contributed by atoms with van der Waals surface area (Å²) >= 11 is 0. The predicted molar refractivity (Wildman–Crippen MR) is 94.1 cm³/mol. The van der Waals surface area contributed by atoms with E-state index in [0.717, 1.165) is 34.1 Å². The van der Waals surface area contributed by atoms with Crippen LogP contribution < -0.4 is 4.74 Å². The molecule has 1 aliphatic rings. The maximum absolute atomic E-state index is 13.6. The Kier molecular flexibility index (Phi) is 3.92. The van der Waals surface area contributed by atoms with Crippen molar-refractivity contribution in [1.29, 1.82) is 0 Å². The van der Waals surface area contributed by atoms with Gasteiger partial charge in [-0.15, -0.1) is 0 Å². The molecule has 128 valence electrons. The Morgan fingerprint density at radius 2 is 2.04 bits per heavy atom. The van der Waals surface area contributed by atoms with Crippen molar-refractivity contribution in [3.63, 3.8) is 0 Å². The van der Waals surface area contributed by atoms with Gasteiger partial charge in [0.15, 0.2) is 6.61 Å². The number of halogens is 1. The van der Waals surface area contributed by atoms with Crippen molar-refractivity contribution < 1.29 is 13.9 Å². The molecule has 1 N–H and O–H groups in total. The number of amides is 1. The monoisotopic (exact) mass is 338 g/mol. The smallest absolute Gasteiger partial charge is 0.260 e. The van der Waals surface area contributed by atoms with Gasteiger partial charge in [-0.3, -0.25) is 4.79 Å². The van der Waals surface area contributed by atoms with Crippen molar-refractivity contribution in [3.8, 4) is 5.75 Å². The van der Waals surface area contributed by atoms with E-state index in [-0.39, 0.29) is 18.3 Å². The van der Waals surface area contributed by atoms with Crippen molar-refractivity contribution in [2.24, 2.45) is 0 Å². The minimum absolute atomic E-state index is 0.00904. The second-order valence-corrected chi connectivity index (χ2v) is 6.44. The summed E-state index contributed by atoms with van der Waals surface area (Å²) in [5, 5.41) is 0.854. The highest BCUT2D eigenvalue weighted by molar-refractivity contribution is 5.86. The molecule has 2 heterocycles. The van der Waals surface area contributed by atoms with Gasteiger partial charge in [-0.1, -0.05) is 17.7 Å². The van der Waals surface area contributed by atoms with Crippen molar-refractivity contribution in [2.45, 2.75) is 19.9 Å². The van der Waals surface area contributed by atoms with Gasteiger partial charge >= 0.3 is 0 Å². The quantitative estimate of drug-likeness (QED) is 0.793. The third-order valence-electron chi connectivity index (χ3n) is 4.67. The lowest BCUT2D eigenvalue weighted by Gasteiger charge is -2.27. The zero-order valence-corrected chi connectivity index (χ0v) is 14.0. The van der Waals surface area contributed by atoms with E-state index in [4.69, 9.17) is 4.74 Å². The largest absolute Gasteiger partial charge is 0.484 e. The van der Waals surface area contributed by atoms with Gasteiger partial charge < -0.3 is 14.6 Å². The van der Waals surface area contributed by atoms with Crippen LogP contribution in [0.1, 0.15) is 16.8 Å². The van der Waals surface area contributed by atoms with E-state index >= 15 is 0 Å². The summed E-state index contributed by atoms with van der Waals surface area (Å²) in [5.74, 6) is 0.364. The van der Waals surface area contributed by atoms with Crippen molar-refractivity contribution in [1.82, 2.24) is 9.88 Å². The first-order chi connectivity index (χ1) is 12.1. The van der Waals surface area contributed by atoms with Crippen LogP contribution >= 0.6 is 0 Å². The molecular formula is C20H19FN2O2. The fraction of sp³-hybridized carbons (Fsp3) is 0.250. The van der Waals surface area contributed by atoms with Gasteiger partial charge in [0.05, 0.1) is 0 Å². The molecule has 0 saturated carbocycles. The molecule has 0 fully saturated rings. The third kappa shape index (κ3) is 3.09. The number of hydrogen-bond acceptors (Lipinski definition) is 2. The van der Waals surface area contributed by atoms with Crippen LogP contribution in [0.5, 0.6) is 5.75 Å². The van der Waals surface area contributed by atoms with Crippen molar-refractivity contribution in [2.75, 3.05) is 13.2 Å². The fourth-order valence-electron chi connectivity index (χ4n) is 3.27. The number of aromatic amines is 1. The maximum atomic E-state index is 13.6. The van der Waals surface area contributed by atoms with E-state index in [9.17, 15) is 9.18 Å². The van der Waals surface area contributed by atoms with Crippen LogP contribution in [0.25, 0.3) is 10.9 Å². The van der Waals surface area contributed by atoms with Crippen LogP contribution in [-0.4, -0.2) is 28.9 Å².